The Labute approximate surface area is 174 Å². The van der Waals surface area contributed by atoms with E-state index in [0.29, 0.717) is 17.6 Å². The molecule has 1 fully saturated rings. The Balaban J connectivity index is 1.71. The van der Waals surface area contributed by atoms with Crippen LogP contribution in [-0.2, 0) is 37.3 Å². The fourth-order valence-electron chi connectivity index (χ4n) is 3.11. The van der Waals surface area contributed by atoms with E-state index in [1.165, 1.54) is 19.6 Å². The van der Waals surface area contributed by atoms with Crippen LogP contribution in [0.1, 0.15) is 26.7 Å². The minimum absolute atomic E-state index is 0.167. The Bertz CT molecular complexity index is 1140. The third-order valence-electron chi connectivity index (χ3n) is 4.39. The number of nitrogen functional groups attached to an aromatic ring is 1. The summed E-state index contributed by atoms with van der Waals surface area (Å²) in [6, 6.07) is 0. The average Bonchev–Trinajstić information content (AvgIpc) is 3.14. The molecule has 0 bridgehead atoms. The molecule has 0 aromatic carbocycles. The standard InChI is InChI=1S/C12H20N5O11P3/c1-11(5-25-30(21,22)28-31(23,24)27-29(18,19)20)3-4-12(2,26-11)17-7-16-8-9(13)14-6-15-10(8)17/h6-7H,3-5H2,1-2H3,(H,21,22)(H,23,24)(H2,13,14,15)(H2,18,19,20)/p-2/t11-,12+/m0/s1. The lowest BCUT2D eigenvalue weighted by Gasteiger charge is -2.34. The van der Waals surface area contributed by atoms with E-state index in [-0.39, 0.29) is 12.2 Å². The van der Waals surface area contributed by atoms with E-state index in [1.807, 2.05) is 0 Å². The quantitative estimate of drug-likeness (QED) is 0.394. The van der Waals surface area contributed by atoms with Gasteiger partial charge in [-0.15, -0.1) is 0 Å². The SMILES string of the molecule is C[C@@]1(COP(=O)([O-])OP(=O)([O-])OP(=O)(O)O)CC[C@](C)(n2cnc3c(N)ncnc32)O1. The number of ether oxygens (including phenoxy) is 1. The third-order valence-corrected chi connectivity index (χ3v) is 8.09. The van der Waals surface area contributed by atoms with Gasteiger partial charge in [-0.2, -0.15) is 0 Å². The molecule has 4 N–H and O–H groups in total. The van der Waals surface area contributed by atoms with Gasteiger partial charge < -0.3 is 34.6 Å². The minimum atomic E-state index is -5.91. The monoisotopic (exact) mass is 501 g/mol. The summed E-state index contributed by atoms with van der Waals surface area (Å²) in [5.74, 6) is 0.167. The van der Waals surface area contributed by atoms with Gasteiger partial charge in [0.15, 0.2) is 11.5 Å². The van der Waals surface area contributed by atoms with E-state index in [1.54, 1.807) is 11.5 Å². The highest BCUT2D eigenvalue weighted by Crippen LogP contribution is 2.62. The molecule has 0 aliphatic carbocycles. The lowest BCUT2D eigenvalue weighted by Crippen LogP contribution is -2.37. The number of phosphoric acid groups is 3. The van der Waals surface area contributed by atoms with Gasteiger partial charge >= 0.3 is 7.82 Å². The normalized spacial score (nSPS) is 28.5. The van der Waals surface area contributed by atoms with Gasteiger partial charge in [0.25, 0.3) is 15.6 Å². The highest BCUT2D eigenvalue weighted by atomic mass is 31.3. The van der Waals surface area contributed by atoms with Gasteiger partial charge in [0.05, 0.1) is 18.5 Å². The molecule has 3 rings (SSSR count). The molecular weight excluding hydrogens is 483 g/mol. The summed E-state index contributed by atoms with van der Waals surface area (Å²) in [5, 5.41) is 0. The molecule has 4 atom stereocenters. The first kappa shape index (κ1) is 24.4. The molecule has 1 aliphatic rings. The molecular formula is C12H18N5O11P3-2. The zero-order valence-corrected chi connectivity index (χ0v) is 18.7. The summed E-state index contributed by atoms with van der Waals surface area (Å²) in [7, 11) is -17.0. The Morgan fingerprint density at radius 3 is 2.48 bits per heavy atom. The summed E-state index contributed by atoms with van der Waals surface area (Å²) in [6.07, 6.45) is 3.34. The first-order valence-corrected chi connectivity index (χ1v) is 12.9. The molecule has 2 aromatic heterocycles. The first-order chi connectivity index (χ1) is 14.0. The van der Waals surface area contributed by atoms with Crippen molar-refractivity contribution in [3.05, 3.63) is 12.7 Å². The minimum Gasteiger partial charge on any atom is -0.756 e. The third kappa shape index (κ3) is 5.75. The lowest BCUT2D eigenvalue weighted by atomic mass is 10.0. The van der Waals surface area contributed by atoms with Crippen LogP contribution in [0, 0.1) is 0 Å². The average molecular weight is 501 g/mol. The fourth-order valence-corrected chi connectivity index (χ4v) is 6.14. The van der Waals surface area contributed by atoms with Crippen molar-refractivity contribution in [3.8, 4) is 0 Å². The first-order valence-electron chi connectivity index (χ1n) is 8.42. The van der Waals surface area contributed by atoms with Gasteiger partial charge in [-0.05, 0) is 26.7 Å². The number of hydrogen-bond donors (Lipinski definition) is 3. The van der Waals surface area contributed by atoms with Gasteiger partial charge in [-0.3, -0.25) is 13.7 Å². The molecule has 2 aromatic rings. The number of nitrogens with two attached hydrogens (primary N) is 1. The maximum atomic E-state index is 11.8. The second-order valence-electron chi connectivity index (χ2n) is 7.09. The molecule has 1 saturated heterocycles. The van der Waals surface area contributed by atoms with Crippen LogP contribution in [0.15, 0.2) is 12.7 Å². The van der Waals surface area contributed by atoms with Crippen LogP contribution >= 0.6 is 23.5 Å². The van der Waals surface area contributed by atoms with Gasteiger partial charge in [-0.25, -0.2) is 28.1 Å². The number of hydrogen-bond acceptors (Lipinski definition) is 13. The summed E-state index contributed by atoms with van der Waals surface area (Å²) < 4.78 is 52.9. The molecule has 31 heavy (non-hydrogen) atoms. The van der Waals surface area contributed by atoms with Crippen molar-refractivity contribution >= 4 is 40.4 Å². The number of imidazole rings is 1. The maximum absolute atomic E-state index is 11.8. The molecule has 16 nitrogen and oxygen atoms in total. The molecule has 174 valence electrons. The zero-order chi connectivity index (χ0) is 23.3. The fraction of sp³-hybridized carbons (Fsp3) is 0.583. The topological polar surface area (TPSA) is 244 Å². The molecule has 1 aliphatic heterocycles. The van der Waals surface area contributed by atoms with Crippen LogP contribution in [-0.4, -0.2) is 41.5 Å². The number of phosphoric ester groups is 1. The molecule has 2 unspecified atom stereocenters. The highest BCUT2D eigenvalue weighted by Gasteiger charge is 2.46. The number of fused-ring (bicyclic) bond motifs is 1. The number of nitrogens with zero attached hydrogens (tertiary/aromatic N) is 4. The largest absolute Gasteiger partial charge is 0.756 e. The van der Waals surface area contributed by atoms with Crippen molar-refractivity contribution in [2.45, 2.75) is 38.0 Å². The Morgan fingerprint density at radius 2 is 1.84 bits per heavy atom. The van der Waals surface area contributed by atoms with Crippen molar-refractivity contribution < 1.29 is 51.2 Å². The van der Waals surface area contributed by atoms with E-state index in [0.717, 1.165) is 0 Å². The smallest absolute Gasteiger partial charge is 0.476 e. The van der Waals surface area contributed by atoms with E-state index in [9.17, 15) is 23.5 Å². The van der Waals surface area contributed by atoms with Crippen LogP contribution in [0.5, 0.6) is 0 Å². The van der Waals surface area contributed by atoms with Gasteiger partial charge in [0.1, 0.15) is 17.6 Å². The second kappa shape index (κ2) is 7.94. The summed E-state index contributed by atoms with van der Waals surface area (Å²) in [5.41, 5.74) is 4.27. The predicted molar refractivity (Wildman–Crippen MR) is 97.5 cm³/mol. The van der Waals surface area contributed by atoms with E-state index in [2.05, 4.69) is 28.1 Å². The number of rotatable bonds is 8. The molecule has 0 saturated carbocycles. The summed E-state index contributed by atoms with van der Waals surface area (Å²) >= 11 is 0. The van der Waals surface area contributed by atoms with Crippen molar-refractivity contribution in [1.82, 2.24) is 19.5 Å². The van der Waals surface area contributed by atoms with Crippen LogP contribution in [0.4, 0.5) is 5.82 Å². The van der Waals surface area contributed by atoms with Crippen molar-refractivity contribution in [1.29, 1.82) is 0 Å². The van der Waals surface area contributed by atoms with Gasteiger partial charge in [0, 0.05) is 0 Å². The molecule has 0 radical (unpaired) electrons. The van der Waals surface area contributed by atoms with E-state index in [4.69, 9.17) is 20.3 Å². The summed E-state index contributed by atoms with van der Waals surface area (Å²) in [4.78, 5) is 52.3. The van der Waals surface area contributed by atoms with Crippen molar-refractivity contribution in [3.63, 3.8) is 0 Å². The highest BCUT2D eigenvalue weighted by molar-refractivity contribution is 7.65. The van der Waals surface area contributed by atoms with E-state index >= 15 is 0 Å². The number of anilines is 1. The van der Waals surface area contributed by atoms with Crippen LogP contribution in [0.25, 0.3) is 11.2 Å². The lowest BCUT2D eigenvalue weighted by molar-refractivity contribution is -0.244. The maximum Gasteiger partial charge on any atom is 0.476 e. The van der Waals surface area contributed by atoms with Crippen LogP contribution < -0.4 is 15.5 Å². The second-order valence-corrected chi connectivity index (χ2v) is 11.4. The van der Waals surface area contributed by atoms with Gasteiger partial charge in [-0.1, -0.05) is 0 Å². The molecule has 19 heteroatoms. The zero-order valence-electron chi connectivity index (χ0n) is 16.1. The molecule has 3 heterocycles. The predicted octanol–water partition coefficient (Wildman–Crippen LogP) is -0.270. The Hall–Kier alpha value is -1.28. The molecule has 0 spiro atoms. The van der Waals surface area contributed by atoms with Gasteiger partial charge in [0.2, 0.25) is 0 Å². The summed E-state index contributed by atoms with van der Waals surface area (Å²) in [6.45, 7) is 2.55. The molecule has 0 amide bonds. The van der Waals surface area contributed by atoms with Crippen LogP contribution in [0.2, 0.25) is 0 Å². The Kier molecular flexibility index (Phi) is 6.24. The van der Waals surface area contributed by atoms with Crippen LogP contribution in [0.3, 0.4) is 0 Å². The van der Waals surface area contributed by atoms with E-state index < -0.39 is 41.4 Å². The van der Waals surface area contributed by atoms with Crippen molar-refractivity contribution in [2.24, 2.45) is 0 Å². The number of aromatic nitrogens is 4. The van der Waals surface area contributed by atoms with Crippen molar-refractivity contribution in [2.75, 3.05) is 12.3 Å². The Morgan fingerprint density at radius 1 is 1.16 bits per heavy atom.